The first-order valence-corrected chi connectivity index (χ1v) is 9.77. The van der Waals surface area contributed by atoms with Gasteiger partial charge < -0.3 is 20.1 Å². The summed E-state index contributed by atoms with van der Waals surface area (Å²) in [6.07, 6.45) is 3.39. The topological polar surface area (TPSA) is 99.4 Å². The van der Waals surface area contributed by atoms with Gasteiger partial charge >= 0.3 is 11.7 Å². The van der Waals surface area contributed by atoms with E-state index in [1.165, 1.54) is 4.68 Å². The number of fused-ring (bicyclic) bond motifs is 2. The summed E-state index contributed by atoms with van der Waals surface area (Å²) in [5, 5.41) is 9.98. The van der Waals surface area contributed by atoms with Gasteiger partial charge in [0.1, 0.15) is 12.4 Å². The second-order valence-electron chi connectivity index (χ2n) is 7.02. The van der Waals surface area contributed by atoms with Crippen molar-refractivity contribution in [3.05, 3.63) is 40.6 Å². The van der Waals surface area contributed by atoms with Crippen LogP contribution in [0.1, 0.15) is 25.1 Å². The monoisotopic (exact) mass is 387 g/mol. The molecule has 0 aliphatic carbocycles. The summed E-state index contributed by atoms with van der Waals surface area (Å²) in [5.74, 6) is 2.28. The maximum absolute atomic E-state index is 12.2. The number of aromatic nitrogens is 3. The molecule has 2 N–H and O–H groups in total. The second-order valence-corrected chi connectivity index (χ2v) is 7.02. The zero-order valence-corrected chi connectivity index (χ0v) is 15.7. The fourth-order valence-corrected chi connectivity index (χ4v) is 3.46. The van der Waals surface area contributed by atoms with E-state index in [4.69, 9.17) is 9.47 Å². The summed E-state index contributed by atoms with van der Waals surface area (Å²) in [6, 6.07) is 7.21. The Kier molecular flexibility index (Phi) is 5.50. The van der Waals surface area contributed by atoms with Crippen LogP contribution in [0.2, 0.25) is 0 Å². The minimum atomic E-state index is -0.265. The molecule has 9 heteroatoms. The van der Waals surface area contributed by atoms with Crippen LogP contribution in [-0.4, -0.2) is 46.2 Å². The predicted molar refractivity (Wildman–Crippen MR) is 102 cm³/mol. The molecule has 4 rings (SSSR count). The molecule has 0 saturated carbocycles. The van der Waals surface area contributed by atoms with E-state index in [-0.39, 0.29) is 17.8 Å². The van der Waals surface area contributed by atoms with Gasteiger partial charge in [0.15, 0.2) is 17.6 Å². The van der Waals surface area contributed by atoms with Gasteiger partial charge in [0.25, 0.3) is 0 Å². The van der Waals surface area contributed by atoms with Gasteiger partial charge in [-0.2, -0.15) is 5.10 Å². The number of urea groups is 1. The minimum Gasteiger partial charge on any atom is -0.486 e. The molecule has 1 atom stereocenters. The molecule has 150 valence electrons. The van der Waals surface area contributed by atoms with Crippen LogP contribution in [0, 0.1) is 0 Å². The number of nitrogens with one attached hydrogen (secondary N) is 2. The van der Waals surface area contributed by atoms with Crippen LogP contribution in [0.5, 0.6) is 11.5 Å². The van der Waals surface area contributed by atoms with E-state index in [9.17, 15) is 9.59 Å². The van der Waals surface area contributed by atoms with Gasteiger partial charge in [-0.15, -0.1) is 0 Å². The molecule has 2 aliphatic rings. The number of benzene rings is 1. The van der Waals surface area contributed by atoms with Crippen molar-refractivity contribution in [3.63, 3.8) is 0 Å². The van der Waals surface area contributed by atoms with Gasteiger partial charge in [0.05, 0.1) is 6.54 Å². The number of amides is 2. The molecule has 0 fully saturated rings. The van der Waals surface area contributed by atoms with Crippen molar-refractivity contribution in [3.8, 4) is 11.5 Å². The van der Waals surface area contributed by atoms with E-state index >= 15 is 0 Å². The highest BCUT2D eigenvalue weighted by atomic mass is 16.6. The summed E-state index contributed by atoms with van der Waals surface area (Å²) in [4.78, 5) is 24.2. The molecule has 0 spiro atoms. The van der Waals surface area contributed by atoms with Crippen LogP contribution < -0.4 is 25.8 Å². The number of ether oxygens (including phenoxy) is 2. The molecule has 9 nitrogen and oxygen atoms in total. The second kappa shape index (κ2) is 8.37. The lowest BCUT2D eigenvalue weighted by Crippen LogP contribution is -2.44. The molecule has 2 amide bonds. The summed E-state index contributed by atoms with van der Waals surface area (Å²) in [6.45, 7) is 2.46. The van der Waals surface area contributed by atoms with Crippen molar-refractivity contribution < 1.29 is 14.3 Å². The van der Waals surface area contributed by atoms with Gasteiger partial charge in [-0.3, -0.25) is 4.57 Å². The first-order chi connectivity index (χ1) is 13.7. The molecule has 2 aromatic rings. The summed E-state index contributed by atoms with van der Waals surface area (Å²) < 4.78 is 14.7. The maximum atomic E-state index is 12.2. The number of nitrogens with zero attached hydrogens (tertiary/aromatic N) is 3. The number of aryl methyl sites for hydroxylation is 2. The van der Waals surface area contributed by atoms with E-state index in [0.717, 1.165) is 37.4 Å². The smallest absolute Gasteiger partial charge is 0.345 e. The van der Waals surface area contributed by atoms with Crippen LogP contribution in [-0.2, 0) is 19.5 Å². The third-order valence-electron chi connectivity index (χ3n) is 4.92. The fraction of sp³-hybridized carbons (Fsp3) is 0.526. The number of carbonyl (C=O) groups excluding carboxylic acids is 1. The summed E-state index contributed by atoms with van der Waals surface area (Å²) in [5.41, 5.74) is -0.0473. The van der Waals surface area contributed by atoms with Crippen molar-refractivity contribution in [1.29, 1.82) is 0 Å². The number of hydrogen-bond donors (Lipinski definition) is 2. The zero-order chi connectivity index (χ0) is 19.3. The molecule has 3 heterocycles. The highest BCUT2D eigenvalue weighted by molar-refractivity contribution is 5.73. The predicted octanol–water partition coefficient (Wildman–Crippen LogP) is 0.910. The van der Waals surface area contributed by atoms with Crippen molar-refractivity contribution in [2.75, 3.05) is 19.7 Å². The van der Waals surface area contributed by atoms with Gasteiger partial charge in [-0.05, 0) is 31.4 Å². The van der Waals surface area contributed by atoms with Crippen LogP contribution in [0.15, 0.2) is 29.1 Å². The average Bonchev–Trinajstić information content (AvgIpc) is 3.05. The van der Waals surface area contributed by atoms with Gasteiger partial charge in [0, 0.05) is 26.1 Å². The number of rotatable bonds is 6. The molecule has 1 aromatic carbocycles. The highest BCUT2D eigenvalue weighted by Crippen LogP contribution is 2.30. The molecule has 0 radical (unpaired) electrons. The lowest BCUT2D eigenvalue weighted by Gasteiger charge is -2.26. The third-order valence-corrected chi connectivity index (χ3v) is 4.92. The molecule has 28 heavy (non-hydrogen) atoms. The first kappa shape index (κ1) is 18.4. The van der Waals surface area contributed by atoms with E-state index in [0.29, 0.717) is 38.4 Å². The Morgan fingerprint density at radius 1 is 1.21 bits per heavy atom. The van der Waals surface area contributed by atoms with Crippen LogP contribution in [0.3, 0.4) is 0 Å². The normalized spacial score (nSPS) is 17.6. The Labute approximate surface area is 162 Å². The fourth-order valence-electron chi connectivity index (χ4n) is 3.46. The third kappa shape index (κ3) is 4.13. The van der Waals surface area contributed by atoms with Gasteiger partial charge in [-0.1, -0.05) is 12.1 Å². The van der Waals surface area contributed by atoms with E-state index in [1.807, 2.05) is 24.3 Å². The summed E-state index contributed by atoms with van der Waals surface area (Å²) >= 11 is 0. The average molecular weight is 387 g/mol. The zero-order valence-electron chi connectivity index (χ0n) is 15.7. The van der Waals surface area contributed by atoms with Crippen molar-refractivity contribution in [2.24, 2.45) is 0 Å². The Hall–Kier alpha value is -2.97. The van der Waals surface area contributed by atoms with Crippen LogP contribution >= 0.6 is 0 Å². The Bertz CT molecular complexity index is 891. The largest absolute Gasteiger partial charge is 0.486 e. The van der Waals surface area contributed by atoms with Crippen molar-refractivity contribution in [2.45, 2.75) is 44.9 Å². The molecule has 0 unspecified atom stereocenters. The van der Waals surface area contributed by atoms with Gasteiger partial charge in [0.2, 0.25) is 0 Å². The molecular weight excluding hydrogens is 362 g/mol. The molecule has 0 saturated heterocycles. The minimum absolute atomic E-state index is 0.0473. The van der Waals surface area contributed by atoms with Crippen LogP contribution in [0.25, 0.3) is 0 Å². The SMILES string of the molecule is O=C(NCCCn1nc2n(c1=O)CCCC2)NC[C@H]1COc2ccccc2O1. The molecular formula is C19H25N5O4. The highest BCUT2D eigenvalue weighted by Gasteiger charge is 2.21. The standard InChI is InChI=1S/C19H25N5O4/c25-18(21-12-14-13-27-15-6-1-2-7-16(15)28-14)20-9-5-11-24-19(26)23-10-4-3-8-17(23)22-24/h1-2,6-7,14H,3-5,8-13H2,(H2,20,21,25)/t14-/m0/s1. The number of para-hydroxylation sites is 2. The van der Waals surface area contributed by atoms with Gasteiger partial charge in [-0.25, -0.2) is 14.3 Å². The maximum Gasteiger partial charge on any atom is 0.345 e. The Morgan fingerprint density at radius 2 is 2.07 bits per heavy atom. The van der Waals surface area contributed by atoms with Crippen molar-refractivity contribution in [1.82, 2.24) is 25.0 Å². The Morgan fingerprint density at radius 3 is 2.93 bits per heavy atom. The van der Waals surface area contributed by atoms with E-state index in [2.05, 4.69) is 15.7 Å². The van der Waals surface area contributed by atoms with Crippen molar-refractivity contribution >= 4 is 6.03 Å². The quantitative estimate of drug-likeness (QED) is 0.718. The molecule has 0 bridgehead atoms. The summed E-state index contributed by atoms with van der Waals surface area (Å²) in [7, 11) is 0. The number of hydrogen-bond acceptors (Lipinski definition) is 5. The Balaban J connectivity index is 1.16. The first-order valence-electron chi connectivity index (χ1n) is 9.77. The van der Waals surface area contributed by atoms with Crippen LogP contribution in [0.4, 0.5) is 4.79 Å². The lowest BCUT2D eigenvalue weighted by atomic mass is 10.2. The lowest BCUT2D eigenvalue weighted by molar-refractivity contribution is 0.0918. The molecule has 1 aromatic heterocycles. The number of carbonyl (C=O) groups is 1. The molecule has 2 aliphatic heterocycles. The van der Waals surface area contributed by atoms with E-state index < -0.39 is 0 Å². The van der Waals surface area contributed by atoms with E-state index in [1.54, 1.807) is 4.57 Å².